The SMILES string of the molecule is CC(Nc1nc(Br)cs1)C1CCCC1. The second-order valence-electron chi connectivity index (χ2n) is 3.95. The number of rotatable bonds is 3. The minimum Gasteiger partial charge on any atom is -0.359 e. The molecular weight excluding hydrogens is 260 g/mol. The Hall–Kier alpha value is -0.0900. The van der Waals surface area contributed by atoms with Crippen LogP contribution in [-0.2, 0) is 0 Å². The molecule has 1 fully saturated rings. The van der Waals surface area contributed by atoms with Crippen LogP contribution in [0, 0.1) is 5.92 Å². The van der Waals surface area contributed by atoms with Crippen LogP contribution in [0.2, 0.25) is 0 Å². The first kappa shape index (κ1) is 10.4. The van der Waals surface area contributed by atoms with Gasteiger partial charge in [0.1, 0.15) is 4.60 Å². The maximum atomic E-state index is 4.35. The Bertz CT molecular complexity index is 294. The Morgan fingerprint density at radius 1 is 1.57 bits per heavy atom. The number of nitrogens with zero attached hydrogens (tertiary/aromatic N) is 1. The molecular formula is C10H15BrN2S. The van der Waals surface area contributed by atoms with Gasteiger partial charge in [-0.3, -0.25) is 0 Å². The summed E-state index contributed by atoms with van der Waals surface area (Å²) in [6.45, 7) is 2.27. The van der Waals surface area contributed by atoms with Crippen molar-refractivity contribution in [3.63, 3.8) is 0 Å². The summed E-state index contributed by atoms with van der Waals surface area (Å²) in [5.74, 6) is 0.845. The molecule has 0 aromatic carbocycles. The monoisotopic (exact) mass is 274 g/mol. The van der Waals surface area contributed by atoms with Crippen molar-refractivity contribution in [1.29, 1.82) is 0 Å². The van der Waals surface area contributed by atoms with E-state index in [2.05, 4.69) is 33.2 Å². The van der Waals surface area contributed by atoms with Gasteiger partial charge in [0.25, 0.3) is 0 Å². The fourth-order valence-electron chi connectivity index (χ4n) is 2.09. The highest BCUT2D eigenvalue weighted by atomic mass is 79.9. The van der Waals surface area contributed by atoms with Crippen molar-refractivity contribution in [1.82, 2.24) is 4.98 Å². The maximum Gasteiger partial charge on any atom is 0.183 e. The van der Waals surface area contributed by atoms with Crippen LogP contribution >= 0.6 is 27.3 Å². The molecule has 1 aliphatic carbocycles. The largest absolute Gasteiger partial charge is 0.359 e. The molecule has 1 heterocycles. The first-order valence-corrected chi connectivity index (χ1v) is 6.80. The van der Waals surface area contributed by atoms with Crippen LogP contribution in [0.25, 0.3) is 0 Å². The molecule has 0 saturated heterocycles. The lowest BCUT2D eigenvalue weighted by atomic mass is 10.0. The molecule has 1 N–H and O–H groups in total. The molecule has 0 bridgehead atoms. The Morgan fingerprint density at radius 3 is 2.86 bits per heavy atom. The third-order valence-electron chi connectivity index (χ3n) is 2.93. The summed E-state index contributed by atoms with van der Waals surface area (Å²) in [4.78, 5) is 4.35. The lowest BCUT2D eigenvalue weighted by Gasteiger charge is -2.19. The molecule has 2 rings (SSSR count). The number of thiazole rings is 1. The number of nitrogens with one attached hydrogen (secondary N) is 1. The minimum atomic E-state index is 0.565. The molecule has 4 heteroatoms. The average Bonchev–Trinajstić information content (AvgIpc) is 2.75. The second-order valence-corrected chi connectivity index (χ2v) is 5.62. The van der Waals surface area contributed by atoms with Crippen LogP contribution < -0.4 is 5.32 Å². The van der Waals surface area contributed by atoms with E-state index in [1.54, 1.807) is 11.3 Å². The molecule has 78 valence electrons. The average molecular weight is 275 g/mol. The van der Waals surface area contributed by atoms with Crippen molar-refractivity contribution in [2.24, 2.45) is 5.92 Å². The van der Waals surface area contributed by atoms with Gasteiger partial charge in [-0.25, -0.2) is 4.98 Å². The lowest BCUT2D eigenvalue weighted by molar-refractivity contribution is 0.482. The summed E-state index contributed by atoms with van der Waals surface area (Å²) >= 11 is 5.03. The van der Waals surface area contributed by atoms with Gasteiger partial charge in [-0.1, -0.05) is 12.8 Å². The van der Waals surface area contributed by atoms with E-state index in [9.17, 15) is 0 Å². The summed E-state index contributed by atoms with van der Waals surface area (Å²) in [6, 6.07) is 0.565. The van der Waals surface area contributed by atoms with Gasteiger partial charge in [0.2, 0.25) is 0 Å². The molecule has 1 aromatic rings. The molecule has 14 heavy (non-hydrogen) atoms. The number of halogens is 1. The maximum absolute atomic E-state index is 4.35. The highest BCUT2D eigenvalue weighted by Gasteiger charge is 2.21. The van der Waals surface area contributed by atoms with Crippen LogP contribution in [0.4, 0.5) is 5.13 Å². The van der Waals surface area contributed by atoms with Crippen LogP contribution in [-0.4, -0.2) is 11.0 Å². The minimum absolute atomic E-state index is 0.565. The molecule has 0 spiro atoms. The van der Waals surface area contributed by atoms with Crippen molar-refractivity contribution >= 4 is 32.4 Å². The predicted molar refractivity (Wildman–Crippen MR) is 64.9 cm³/mol. The highest BCUT2D eigenvalue weighted by Crippen LogP contribution is 2.30. The van der Waals surface area contributed by atoms with Gasteiger partial charge >= 0.3 is 0 Å². The fourth-order valence-corrected chi connectivity index (χ4v) is 3.33. The third-order valence-corrected chi connectivity index (χ3v) is 4.42. The smallest absolute Gasteiger partial charge is 0.183 e. The van der Waals surface area contributed by atoms with E-state index in [-0.39, 0.29) is 0 Å². The van der Waals surface area contributed by atoms with Crippen LogP contribution in [0.15, 0.2) is 9.98 Å². The van der Waals surface area contributed by atoms with Gasteiger partial charge in [-0.2, -0.15) is 0 Å². The van der Waals surface area contributed by atoms with Crippen molar-refractivity contribution in [2.45, 2.75) is 38.6 Å². The second kappa shape index (κ2) is 4.62. The van der Waals surface area contributed by atoms with Crippen LogP contribution in [0.1, 0.15) is 32.6 Å². The Balaban J connectivity index is 1.90. The van der Waals surface area contributed by atoms with Gasteiger partial charge in [-0.15, -0.1) is 11.3 Å². The number of anilines is 1. The highest BCUT2D eigenvalue weighted by molar-refractivity contribution is 9.10. The molecule has 0 radical (unpaired) electrons. The molecule has 0 aliphatic heterocycles. The Labute approximate surface area is 97.3 Å². The summed E-state index contributed by atoms with van der Waals surface area (Å²) < 4.78 is 0.934. The Kier molecular flexibility index (Phi) is 3.44. The van der Waals surface area contributed by atoms with Gasteiger partial charge in [0, 0.05) is 11.4 Å². The van der Waals surface area contributed by atoms with E-state index in [4.69, 9.17) is 0 Å². The van der Waals surface area contributed by atoms with Gasteiger partial charge < -0.3 is 5.32 Å². The summed E-state index contributed by atoms with van der Waals surface area (Å²) in [5.41, 5.74) is 0. The summed E-state index contributed by atoms with van der Waals surface area (Å²) in [6.07, 6.45) is 5.55. The number of hydrogen-bond donors (Lipinski definition) is 1. The zero-order valence-electron chi connectivity index (χ0n) is 8.29. The van der Waals surface area contributed by atoms with Gasteiger partial charge in [-0.05, 0) is 41.6 Å². The lowest BCUT2D eigenvalue weighted by Crippen LogP contribution is -2.23. The topological polar surface area (TPSA) is 24.9 Å². The zero-order valence-corrected chi connectivity index (χ0v) is 10.7. The van der Waals surface area contributed by atoms with E-state index < -0.39 is 0 Å². The van der Waals surface area contributed by atoms with E-state index in [0.717, 1.165) is 15.7 Å². The summed E-state index contributed by atoms with van der Waals surface area (Å²) in [7, 11) is 0. The van der Waals surface area contributed by atoms with Crippen molar-refractivity contribution in [3.8, 4) is 0 Å². The quantitative estimate of drug-likeness (QED) is 0.905. The molecule has 1 aromatic heterocycles. The van der Waals surface area contributed by atoms with E-state index in [1.807, 2.05) is 5.38 Å². The van der Waals surface area contributed by atoms with E-state index in [0.29, 0.717) is 6.04 Å². The normalized spacial score (nSPS) is 19.9. The van der Waals surface area contributed by atoms with Crippen molar-refractivity contribution < 1.29 is 0 Å². The number of hydrogen-bond acceptors (Lipinski definition) is 3. The predicted octanol–water partition coefficient (Wildman–Crippen LogP) is 3.90. The summed E-state index contributed by atoms with van der Waals surface area (Å²) in [5, 5.41) is 6.54. The van der Waals surface area contributed by atoms with Gasteiger partial charge in [0.05, 0.1) is 0 Å². The molecule has 2 nitrogen and oxygen atoms in total. The van der Waals surface area contributed by atoms with Crippen molar-refractivity contribution in [2.75, 3.05) is 5.32 Å². The molecule has 1 aliphatic rings. The molecule has 1 saturated carbocycles. The van der Waals surface area contributed by atoms with E-state index in [1.165, 1.54) is 25.7 Å². The number of aromatic nitrogens is 1. The third kappa shape index (κ3) is 2.48. The molecule has 0 amide bonds. The van der Waals surface area contributed by atoms with Crippen LogP contribution in [0.5, 0.6) is 0 Å². The molecule has 1 unspecified atom stereocenters. The Morgan fingerprint density at radius 2 is 2.29 bits per heavy atom. The fraction of sp³-hybridized carbons (Fsp3) is 0.700. The van der Waals surface area contributed by atoms with Crippen molar-refractivity contribution in [3.05, 3.63) is 9.98 Å². The molecule has 1 atom stereocenters. The zero-order chi connectivity index (χ0) is 9.97. The van der Waals surface area contributed by atoms with Gasteiger partial charge in [0.15, 0.2) is 5.13 Å². The van der Waals surface area contributed by atoms with Crippen LogP contribution in [0.3, 0.4) is 0 Å². The van der Waals surface area contributed by atoms with E-state index >= 15 is 0 Å². The first-order valence-electron chi connectivity index (χ1n) is 5.13. The standard InChI is InChI=1S/C10H15BrN2S/c1-7(8-4-2-3-5-8)12-10-13-9(11)6-14-10/h6-8H,2-5H2,1H3,(H,12,13). The first-order chi connectivity index (χ1) is 6.75.